The molecule has 20 rings (SSSR count). The minimum absolute atomic E-state index is 0.0610. The monoisotopic (exact) mass is 1960 g/mol. The molecule has 1 aliphatic carbocycles. The fourth-order valence-electron chi connectivity index (χ4n) is 17.3. The first kappa shape index (κ1) is 102. The van der Waals surface area contributed by atoms with Crippen molar-refractivity contribution in [1.29, 1.82) is 0 Å². The first-order chi connectivity index (χ1) is 71.4. The molecule has 33 nitrogen and oxygen atoms in total. The average molecular weight is 1960 g/mol. The van der Waals surface area contributed by atoms with Crippen molar-refractivity contribution in [3.63, 3.8) is 0 Å². The number of ketones is 1. The fourth-order valence-corrected chi connectivity index (χ4v) is 17.3. The molecule has 7 aromatic carbocycles. The van der Waals surface area contributed by atoms with E-state index in [4.69, 9.17) is 70.8 Å². The lowest BCUT2D eigenvalue weighted by Crippen LogP contribution is -2.15. The van der Waals surface area contributed by atoms with Gasteiger partial charge in [-0.2, -0.15) is 0 Å². The number of benzene rings is 7. The molecule has 0 bridgehead atoms. The van der Waals surface area contributed by atoms with Crippen molar-refractivity contribution in [3.8, 4) is 141 Å². The summed E-state index contributed by atoms with van der Waals surface area (Å²) in [6.45, 7) is 9.96. The summed E-state index contributed by atoms with van der Waals surface area (Å²) in [7, 11) is 4.71. The topological polar surface area (TPSA) is 525 Å². The number of hydrogen-bond acceptors (Lipinski definition) is 25. The van der Waals surface area contributed by atoms with Crippen LogP contribution < -0.4 is 65.8 Å². The summed E-state index contributed by atoms with van der Waals surface area (Å²) in [5.74, 6) is 0.900. The SMILES string of the molecule is CC(=O)C1=C(c2ccccc2)CC(c2ccnc(N)n2)=C1.CCn1c(-c2ccnc(N)n2)cc(C(N)=O)c1-c1ccccc1.COc1cc(-c2cn(C(C)=O)cc2-c2cccnc2)cc(OC)c1OC.Cc1ccc(-c2cc(-c3ccncc3)[nH]c2-c2nccc3ccccc23)cc1.NCCCn1c(-c2ccnc(N)n2)cc(C(N)=O)c1-c1ccccc1.NCCn1c(-c2ccnc(N)n2)cc(C(N)=O)c1-c1ccccc1. The number of rotatable bonds is 26. The molecule has 0 unspecified atom stereocenters. The number of anilines is 4. The largest absolute Gasteiger partial charge is 0.493 e. The quantitative estimate of drug-likeness (QED) is 0.0241. The van der Waals surface area contributed by atoms with Crippen molar-refractivity contribution >= 4 is 75.1 Å². The lowest BCUT2D eigenvalue weighted by molar-refractivity contribution is -0.113. The van der Waals surface area contributed by atoms with Gasteiger partial charge in [0.05, 0.1) is 106 Å². The molecule has 12 heterocycles. The second kappa shape index (κ2) is 47.8. The number of pyridine rings is 3. The number of primary amides is 3. The normalized spacial score (nSPS) is 11.2. The molecule has 0 aliphatic heterocycles. The number of methoxy groups -OCH3 is 3. The molecule has 12 aromatic heterocycles. The second-order valence-corrected chi connectivity index (χ2v) is 33.5. The summed E-state index contributed by atoms with van der Waals surface area (Å²) in [5.41, 5.74) is 77.4. The van der Waals surface area contributed by atoms with E-state index in [-0.39, 0.29) is 35.5 Å². The number of hydrogen-bond donors (Lipinski definition) is 10. The predicted molar refractivity (Wildman–Crippen MR) is 577 cm³/mol. The molecule has 147 heavy (non-hydrogen) atoms. The van der Waals surface area contributed by atoms with Crippen LogP contribution in [0.25, 0.3) is 146 Å². The molecule has 738 valence electrons. The van der Waals surface area contributed by atoms with Crippen molar-refractivity contribution in [2.24, 2.45) is 28.7 Å². The van der Waals surface area contributed by atoms with E-state index < -0.39 is 17.7 Å². The number of H-pyrrole nitrogens is 1. The van der Waals surface area contributed by atoms with E-state index in [9.17, 15) is 24.0 Å². The number of carbonyl (C=O) groups is 5. The number of aromatic amines is 1. The average Bonchev–Trinajstić information content (AvgIpc) is 1.65. The Morgan fingerprint density at radius 1 is 0.408 bits per heavy atom. The number of Topliss-reactive ketones (excluding diaryl/α,β-unsaturated/α-hetero) is 1. The number of nitrogens with two attached hydrogens (primary N) is 9. The van der Waals surface area contributed by atoms with Gasteiger partial charge in [-0.05, 0) is 175 Å². The summed E-state index contributed by atoms with van der Waals surface area (Å²) in [6.07, 6.45) is 22.3. The zero-order chi connectivity index (χ0) is 104. The van der Waals surface area contributed by atoms with Crippen LogP contribution in [0.2, 0.25) is 0 Å². The third-order valence-corrected chi connectivity index (χ3v) is 24.0. The van der Waals surface area contributed by atoms with Crippen molar-refractivity contribution in [1.82, 2.24) is 78.1 Å². The van der Waals surface area contributed by atoms with Gasteiger partial charge in [-0.15, -0.1) is 0 Å². The van der Waals surface area contributed by atoms with Gasteiger partial charge >= 0.3 is 0 Å². The maximum Gasteiger partial charge on any atom is 0.250 e. The summed E-state index contributed by atoms with van der Waals surface area (Å²) in [4.78, 5) is 109. The van der Waals surface area contributed by atoms with E-state index in [0.29, 0.717) is 90.2 Å². The number of nitrogens with one attached hydrogen (secondary N) is 1. The van der Waals surface area contributed by atoms with Crippen LogP contribution in [0.1, 0.15) is 86.3 Å². The van der Waals surface area contributed by atoms with E-state index in [0.717, 1.165) is 141 Å². The minimum atomic E-state index is -0.507. The third-order valence-electron chi connectivity index (χ3n) is 24.0. The van der Waals surface area contributed by atoms with Gasteiger partial charge < -0.3 is 84.5 Å². The highest BCUT2D eigenvalue weighted by Gasteiger charge is 2.29. The molecule has 0 atom stereocenters. The molecule has 0 fully saturated rings. The number of nitrogens with zero attached hydrogens (tertiary/aromatic N) is 15. The van der Waals surface area contributed by atoms with Crippen LogP contribution in [0.5, 0.6) is 17.2 Å². The molecule has 0 radical (unpaired) electrons. The summed E-state index contributed by atoms with van der Waals surface area (Å²) < 4.78 is 23.8. The zero-order valence-corrected chi connectivity index (χ0v) is 81.9. The Bertz CT molecular complexity index is 7940. The van der Waals surface area contributed by atoms with Gasteiger partial charge in [0.2, 0.25) is 35.5 Å². The summed E-state index contributed by atoms with van der Waals surface area (Å²) in [5, 5.41) is 2.32. The number of ether oxygens (including phenoxy) is 3. The van der Waals surface area contributed by atoms with Gasteiger partial charge in [0.15, 0.2) is 17.3 Å². The summed E-state index contributed by atoms with van der Waals surface area (Å²) >= 11 is 0. The van der Waals surface area contributed by atoms with Crippen LogP contribution in [0.3, 0.4) is 0 Å². The lowest BCUT2D eigenvalue weighted by atomic mass is 9.98. The van der Waals surface area contributed by atoms with Crippen LogP contribution in [0.15, 0.2) is 341 Å². The van der Waals surface area contributed by atoms with Crippen LogP contribution in [-0.4, -0.2) is 142 Å². The van der Waals surface area contributed by atoms with E-state index in [2.05, 4.69) is 122 Å². The van der Waals surface area contributed by atoms with Crippen molar-refractivity contribution in [2.75, 3.05) is 57.4 Å². The number of fused-ring (bicyclic) bond motifs is 1. The molecule has 1 aliphatic rings. The van der Waals surface area contributed by atoms with Gasteiger partial charge in [-0.3, -0.25) is 43.5 Å². The molecule has 3 amide bonds. The molecule has 33 heteroatoms. The highest BCUT2D eigenvalue weighted by molar-refractivity contribution is 6.10. The van der Waals surface area contributed by atoms with Gasteiger partial charge in [0.1, 0.15) is 0 Å². The number of aryl methyl sites for hydroxylation is 1. The highest BCUT2D eigenvalue weighted by Crippen LogP contribution is 2.46. The molecular weight excluding hydrogens is 1850 g/mol. The summed E-state index contributed by atoms with van der Waals surface area (Å²) in [6, 6.07) is 84.0. The Kier molecular flexibility index (Phi) is 33.2. The molecular formula is C114H109N25O8. The van der Waals surface area contributed by atoms with Crippen LogP contribution in [0.4, 0.5) is 23.8 Å². The van der Waals surface area contributed by atoms with Crippen LogP contribution >= 0.6 is 0 Å². The maximum absolute atomic E-state index is 12.1. The number of nitrogen functional groups attached to an aromatic ring is 4. The first-order valence-electron chi connectivity index (χ1n) is 46.9. The van der Waals surface area contributed by atoms with Gasteiger partial charge in [-0.25, -0.2) is 39.9 Å². The number of allylic oxidation sites excluding steroid dienone is 4. The van der Waals surface area contributed by atoms with Crippen molar-refractivity contribution < 1.29 is 38.2 Å². The van der Waals surface area contributed by atoms with Crippen molar-refractivity contribution in [3.05, 3.63) is 374 Å². The zero-order valence-electron chi connectivity index (χ0n) is 81.9. The minimum Gasteiger partial charge on any atom is -0.493 e. The van der Waals surface area contributed by atoms with E-state index in [1.54, 1.807) is 119 Å². The van der Waals surface area contributed by atoms with E-state index in [1.807, 2.05) is 209 Å². The van der Waals surface area contributed by atoms with Crippen molar-refractivity contribution in [2.45, 2.75) is 60.2 Å². The molecule has 0 saturated heterocycles. The Hall–Kier alpha value is -19.3. The first-order valence-corrected chi connectivity index (χ1v) is 46.9. The standard InChI is InChI=1S/C25H19N3.C20H20N2O4.C18H20N6O.C17H18N6O.C17H17N5O.C17H15N3O/c1-17-6-8-19(9-7-17)22-16-23(20-10-13-26-14-11-20)28-25(22)24-21-5-3-2-4-18(21)12-15-27-24;1-13(23)22-11-16(14-6-5-7-21-10-14)17(12-22)15-8-18(24-2)20(26-4)19(9-15)25-3;19-8-4-10-24-15(14-7-9-22-18(21)23-14)11-13(17(20)25)16(24)12-5-2-1-3-6-12;18-7-9-23-14(13-6-8-21-17(20)22-13)10-12(16(19)24)15(23)11-4-2-1-3-5-11;1-2-22-14(13-8-9-20-17(19)21-13)10-12(16(18)23)15(22)11-6-4-3-5-7-11;1-11(21)14-9-13(16-7-8-19-17(18)20-16)10-15(14)12-5-3-2-4-6-12/h2-16,28H,1H3;5-12H,1-4H3;1-3,5-7,9,11H,4,8,10,19H2,(H2,20,25)(H2,21,22,23);1-6,8,10H,7,9,18H2,(H2,19,24)(H2,20,21,22);3-10H,2H2,1H3,(H2,18,23)(H2,19,20,21);2-9H,10H2,1H3,(H2,18,19,20). The van der Waals surface area contributed by atoms with Crippen LogP contribution in [0, 0.1) is 6.92 Å². The van der Waals surface area contributed by atoms with E-state index >= 15 is 0 Å². The number of amides is 3. The Labute approximate surface area is 848 Å². The molecule has 0 spiro atoms. The second-order valence-electron chi connectivity index (χ2n) is 33.5. The Morgan fingerprint density at radius 2 is 0.857 bits per heavy atom. The van der Waals surface area contributed by atoms with Crippen LogP contribution in [-0.2, 0) is 24.4 Å². The Balaban J connectivity index is 0.000000133. The van der Waals surface area contributed by atoms with Gasteiger partial charge in [-0.1, -0.05) is 181 Å². The Morgan fingerprint density at radius 3 is 1.31 bits per heavy atom. The maximum atomic E-state index is 12.1. The predicted octanol–water partition coefficient (Wildman–Crippen LogP) is 18.3. The third kappa shape index (κ3) is 24.0. The highest BCUT2D eigenvalue weighted by atomic mass is 16.5. The smallest absolute Gasteiger partial charge is 0.250 e. The molecule has 0 saturated carbocycles. The fraction of sp³-hybridized carbons (Fsp3) is 0.123. The van der Waals surface area contributed by atoms with E-state index in [1.165, 1.54) is 23.4 Å². The van der Waals surface area contributed by atoms with Gasteiger partial charge in [0, 0.05) is 152 Å². The molecule has 19 N–H and O–H groups in total. The molecule has 19 aromatic rings. The lowest BCUT2D eigenvalue weighted by Gasteiger charge is -2.14. The number of carbonyl (C=O) groups excluding carboxylic acids is 5. The van der Waals surface area contributed by atoms with Gasteiger partial charge in [0.25, 0.3) is 17.7 Å². The number of aromatic nitrogens is 16.